The van der Waals surface area contributed by atoms with Gasteiger partial charge in [0.1, 0.15) is 5.49 Å². The van der Waals surface area contributed by atoms with Crippen LogP contribution in [0.5, 0.6) is 0 Å². The quantitative estimate of drug-likeness (QED) is 0.707. The van der Waals surface area contributed by atoms with Crippen molar-refractivity contribution in [3.63, 3.8) is 0 Å². The third-order valence-electron chi connectivity index (χ3n) is 2.61. The maximum Gasteiger partial charge on any atom is 0.263 e. The summed E-state index contributed by atoms with van der Waals surface area (Å²) in [6.45, 7) is 3.96. The monoisotopic (exact) mass is 400 g/mol. The van der Waals surface area contributed by atoms with E-state index in [4.69, 9.17) is 11.6 Å². The maximum atomic E-state index is 12.6. The lowest BCUT2D eigenvalue weighted by Crippen LogP contribution is -2.28. The molecule has 104 valence electrons. The lowest BCUT2D eigenvalue weighted by atomic mass is 10.2. The normalized spacial score (nSPS) is 11.9. The van der Waals surface area contributed by atoms with Crippen molar-refractivity contribution in [3.05, 3.63) is 62.2 Å². The Hall–Kier alpha value is -1.14. The number of halogens is 2. The van der Waals surface area contributed by atoms with E-state index in [9.17, 15) is 4.79 Å². The van der Waals surface area contributed by atoms with E-state index in [1.807, 2.05) is 32.0 Å². The summed E-state index contributed by atoms with van der Waals surface area (Å²) >= 11 is 8.10. The minimum Gasteiger partial charge on any atom is -0.268 e. The molecule has 0 aliphatic heterocycles. The zero-order valence-electron chi connectivity index (χ0n) is 11.2. The minimum atomic E-state index is -0.111. The van der Waals surface area contributed by atoms with Crippen molar-refractivity contribution in [3.8, 4) is 0 Å². The summed E-state index contributed by atoms with van der Waals surface area (Å²) in [5.74, 6) is -0.111. The van der Waals surface area contributed by atoms with Crippen LogP contribution in [0.3, 0.4) is 0 Å². The molecule has 1 heterocycles. The molecule has 20 heavy (non-hydrogen) atoms. The van der Waals surface area contributed by atoms with Crippen molar-refractivity contribution < 1.29 is 4.79 Å². The molecule has 5 heteroatoms. The highest BCUT2D eigenvalue weighted by Gasteiger charge is 2.10. The number of hydrogen-bond donors (Lipinski definition) is 0. The molecule has 0 spiro atoms. The number of nitrogens with zero attached hydrogens (tertiary/aromatic N) is 2. The third kappa shape index (κ3) is 3.49. The molecule has 2 aromatic rings. The highest BCUT2D eigenvalue weighted by atomic mass is 127. The molecule has 0 aliphatic carbocycles. The summed E-state index contributed by atoms with van der Waals surface area (Å²) < 4.78 is 2.41. The number of carbonyl (C=O) groups excluding carboxylic acids is 1. The van der Waals surface area contributed by atoms with Crippen molar-refractivity contribution in [2.75, 3.05) is 0 Å². The molecule has 0 N–H and O–H groups in total. The molecule has 1 aromatic carbocycles. The largest absolute Gasteiger partial charge is 0.268 e. The third-order valence-corrected chi connectivity index (χ3v) is 4.16. The highest BCUT2D eigenvalue weighted by molar-refractivity contribution is 14.1. The summed E-state index contributed by atoms with van der Waals surface area (Å²) in [4.78, 5) is 17.0. The molecular weight excluding hydrogens is 387 g/mol. The predicted molar refractivity (Wildman–Crippen MR) is 89.0 cm³/mol. The van der Waals surface area contributed by atoms with Crippen LogP contribution in [0.25, 0.3) is 0 Å². The van der Waals surface area contributed by atoms with Gasteiger partial charge >= 0.3 is 0 Å². The predicted octanol–water partition coefficient (Wildman–Crippen LogP) is 3.74. The van der Waals surface area contributed by atoms with E-state index in [1.165, 1.54) is 0 Å². The number of pyridine rings is 1. The van der Waals surface area contributed by atoms with E-state index in [-0.39, 0.29) is 11.9 Å². The van der Waals surface area contributed by atoms with Crippen LogP contribution in [-0.2, 0) is 0 Å². The van der Waals surface area contributed by atoms with E-state index < -0.39 is 0 Å². The zero-order valence-corrected chi connectivity index (χ0v) is 14.1. The first-order valence-corrected chi connectivity index (χ1v) is 7.66. The smallest absolute Gasteiger partial charge is 0.263 e. The van der Waals surface area contributed by atoms with Crippen LogP contribution < -0.4 is 5.49 Å². The fraction of sp³-hybridized carbons (Fsp3) is 0.200. The first-order valence-electron chi connectivity index (χ1n) is 6.20. The summed E-state index contributed by atoms with van der Waals surface area (Å²) in [6.07, 6.45) is 1.73. The topological polar surface area (TPSA) is 34.4 Å². The molecule has 0 saturated carbocycles. The van der Waals surface area contributed by atoms with E-state index in [0.717, 1.165) is 3.57 Å². The standard InChI is InChI=1S/C15H14ClIN2O/c1-10(2)18-14-5-3-4-8-19(14)15(20)11-6-7-12(16)13(17)9-11/h3-10H,1-2H3. The average Bonchev–Trinajstić information content (AvgIpc) is 2.41. The summed E-state index contributed by atoms with van der Waals surface area (Å²) in [6, 6.07) is 10.9. The molecule has 0 saturated heterocycles. The fourth-order valence-electron chi connectivity index (χ4n) is 1.74. The summed E-state index contributed by atoms with van der Waals surface area (Å²) in [7, 11) is 0. The van der Waals surface area contributed by atoms with Crippen molar-refractivity contribution in [1.82, 2.24) is 4.57 Å². The summed E-state index contributed by atoms with van der Waals surface area (Å²) in [5.41, 5.74) is 1.24. The SMILES string of the molecule is CC(C)N=c1ccccn1C(=O)c1ccc(Cl)c(I)c1. The molecule has 0 unspecified atom stereocenters. The van der Waals surface area contributed by atoms with Gasteiger partial charge in [-0.2, -0.15) is 0 Å². The molecule has 0 atom stereocenters. The fourth-order valence-corrected chi connectivity index (χ4v) is 2.38. The van der Waals surface area contributed by atoms with Gasteiger partial charge < -0.3 is 0 Å². The molecule has 0 aliphatic rings. The second kappa shape index (κ2) is 6.54. The first-order chi connectivity index (χ1) is 9.49. The van der Waals surface area contributed by atoms with Crippen LogP contribution in [0, 0.1) is 3.57 Å². The van der Waals surface area contributed by atoms with Gasteiger partial charge in [0.2, 0.25) is 0 Å². The second-order valence-electron chi connectivity index (χ2n) is 4.59. The first kappa shape index (κ1) is 15.3. The number of rotatable bonds is 2. The van der Waals surface area contributed by atoms with Gasteiger partial charge in [0.05, 0.1) is 5.02 Å². The average molecular weight is 401 g/mol. The van der Waals surface area contributed by atoms with E-state index in [1.54, 1.807) is 29.0 Å². The molecular formula is C15H14ClIN2O. The van der Waals surface area contributed by atoms with Gasteiger partial charge in [-0.15, -0.1) is 0 Å². The van der Waals surface area contributed by atoms with Crippen molar-refractivity contribution in [1.29, 1.82) is 0 Å². The Morgan fingerprint density at radius 2 is 2.05 bits per heavy atom. The van der Waals surface area contributed by atoms with Crippen LogP contribution in [0.15, 0.2) is 47.6 Å². The van der Waals surface area contributed by atoms with Crippen LogP contribution in [0.4, 0.5) is 0 Å². The Bertz CT molecular complexity index is 707. The molecule has 1 aromatic heterocycles. The molecule has 0 radical (unpaired) electrons. The summed E-state index contributed by atoms with van der Waals surface area (Å²) in [5, 5.41) is 0.646. The highest BCUT2D eigenvalue weighted by Crippen LogP contribution is 2.19. The molecule has 2 rings (SSSR count). The van der Waals surface area contributed by atoms with Gasteiger partial charge in [-0.1, -0.05) is 17.7 Å². The van der Waals surface area contributed by atoms with Crippen LogP contribution in [-0.4, -0.2) is 16.5 Å². The van der Waals surface area contributed by atoms with Crippen molar-refractivity contribution in [2.24, 2.45) is 4.99 Å². The van der Waals surface area contributed by atoms with E-state index in [0.29, 0.717) is 16.1 Å². The zero-order chi connectivity index (χ0) is 14.7. The molecule has 0 amide bonds. The van der Waals surface area contributed by atoms with Crippen LogP contribution in [0.1, 0.15) is 24.2 Å². The number of hydrogen-bond acceptors (Lipinski definition) is 2. The Labute approximate surface area is 136 Å². The van der Waals surface area contributed by atoms with E-state index in [2.05, 4.69) is 27.6 Å². The second-order valence-corrected chi connectivity index (χ2v) is 6.16. The Morgan fingerprint density at radius 3 is 2.70 bits per heavy atom. The van der Waals surface area contributed by atoms with Gasteiger partial charge in [-0.05, 0) is 66.8 Å². The minimum absolute atomic E-state index is 0.111. The van der Waals surface area contributed by atoms with Crippen molar-refractivity contribution in [2.45, 2.75) is 19.9 Å². The molecule has 0 bridgehead atoms. The molecule has 0 fully saturated rings. The van der Waals surface area contributed by atoms with Crippen LogP contribution in [0.2, 0.25) is 5.02 Å². The Balaban J connectivity index is 2.51. The van der Waals surface area contributed by atoms with Gasteiger partial charge in [-0.25, -0.2) is 0 Å². The lowest BCUT2D eigenvalue weighted by Gasteiger charge is -2.08. The Morgan fingerprint density at radius 1 is 1.30 bits per heavy atom. The molecule has 3 nitrogen and oxygen atoms in total. The van der Waals surface area contributed by atoms with Gasteiger partial charge in [-0.3, -0.25) is 14.4 Å². The van der Waals surface area contributed by atoms with Gasteiger partial charge in [0.25, 0.3) is 5.91 Å². The van der Waals surface area contributed by atoms with Crippen molar-refractivity contribution >= 4 is 40.1 Å². The lowest BCUT2D eigenvalue weighted by molar-refractivity contribution is 0.0954. The number of carbonyl (C=O) groups is 1. The van der Waals surface area contributed by atoms with Crippen LogP contribution >= 0.6 is 34.2 Å². The Kier molecular flexibility index (Phi) is 4.99. The number of aromatic nitrogens is 1. The number of benzene rings is 1. The van der Waals surface area contributed by atoms with E-state index >= 15 is 0 Å². The maximum absolute atomic E-state index is 12.6. The van der Waals surface area contributed by atoms with Gasteiger partial charge in [0, 0.05) is 21.4 Å². The van der Waals surface area contributed by atoms with Gasteiger partial charge in [0.15, 0.2) is 0 Å².